The maximum absolute atomic E-state index is 6.45. The Labute approximate surface area is 301 Å². The fourth-order valence-corrected chi connectivity index (χ4v) is 7.37. The maximum Gasteiger partial charge on any atom is 0.137 e. The zero-order chi connectivity index (χ0) is 34.4. The minimum absolute atomic E-state index is 0.843. The van der Waals surface area contributed by atoms with Crippen LogP contribution in [0.3, 0.4) is 0 Å². The van der Waals surface area contributed by atoms with Crippen LogP contribution in [-0.2, 0) is 0 Å². The van der Waals surface area contributed by atoms with Crippen LogP contribution in [0.5, 0.6) is 0 Å². The second kappa shape index (κ2) is 12.4. The van der Waals surface area contributed by atoms with Crippen LogP contribution >= 0.6 is 0 Å². The Kier molecular flexibility index (Phi) is 7.10. The number of rotatable bonds is 7. The number of hydrogen-bond acceptors (Lipinski definition) is 4. The van der Waals surface area contributed by atoms with Crippen molar-refractivity contribution in [3.8, 4) is 11.1 Å². The van der Waals surface area contributed by atoms with E-state index in [1.165, 1.54) is 11.1 Å². The molecule has 8 aromatic carbocycles. The lowest BCUT2D eigenvalue weighted by Crippen LogP contribution is -2.10. The van der Waals surface area contributed by atoms with Gasteiger partial charge in [0.1, 0.15) is 22.3 Å². The molecule has 0 aliphatic heterocycles. The third-order valence-electron chi connectivity index (χ3n) is 9.83. The summed E-state index contributed by atoms with van der Waals surface area (Å²) in [7, 11) is 0. The number of furan rings is 2. The summed E-state index contributed by atoms with van der Waals surface area (Å²) in [6, 6.07) is 67.9. The molecule has 0 bridgehead atoms. The van der Waals surface area contributed by atoms with Crippen LogP contribution in [0.1, 0.15) is 0 Å². The van der Waals surface area contributed by atoms with E-state index in [0.717, 1.165) is 78.0 Å². The summed E-state index contributed by atoms with van der Waals surface area (Å²) in [6.45, 7) is 0. The Morgan fingerprint density at radius 3 is 1.29 bits per heavy atom. The molecule has 2 aromatic heterocycles. The Morgan fingerprint density at radius 2 is 0.654 bits per heavy atom. The molecule has 4 nitrogen and oxygen atoms in total. The Hall–Kier alpha value is -7.04. The molecule has 0 atom stereocenters. The van der Waals surface area contributed by atoms with E-state index >= 15 is 0 Å². The van der Waals surface area contributed by atoms with Gasteiger partial charge < -0.3 is 18.6 Å². The molecular formula is C48H32N2O2. The zero-order valence-corrected chi connectivity index (χ0v) is 28.2. The van der Waals surface area contributed by atoms with Crippen molar-refractivity contribution in [2.24, 2.45) is 0 Å². The van der Waals surface area contributed by atoms with Crippen molar-refractivity contribution in [2.75, 3.05) is 9.80 Å². The molecule has 0 saturated heterocycles. The van der Waals surface area contributed by atoms with Gasteiger partial charge in [0.15, 0.2) is 0 Å². The first kappa shape index (κ1) is 29.8. The van der Waals surface area contributed by atoms with E-state index in [9.17, 15) is 0 Å². The van der Waals surface area contributed by atoms with Crippen molar-refractivity contribution in [2.45, 2.75) is 0 Å². The third-order valence-corrected chi connectivity index (χ3v) is 9.83. The van der Waals surface area contributed by atoms with Crippen LogP contribution in [0.15, 0.2) is 203 Å². The SMILES string of the molecule is c1ccc(-c2ccc(N(c3ccccc3)c3ccc4oc5ccc(N(c6ccccc6)c6ccc7c(c6)oc6ccccc67)cc5c4c3)cc2)cc1. The standard InChI is InChI=1S/C48H32N2O2/c1-4-12-33(13-5-1)34-20-22-37(23-21-34)49(35-14-6-2-7-15-35)38-25-28-46-43(30-38)44-31-39(26-29-47(44)51-46)50(36-16-8-3-9-17-36)40-24-27-42-41-18-10-11-19-45(41)52-48(42)32-40/h1-32H. The van der Waals surface area contributed by atoms with Crippen molar-refractivity contribution in [3.63, 3.8) is 0 Å². The number of hydrogen-bond donors (Lipinski definition) is 0. The van der Waals surface area contributed by atoms with E-state index in [2.05, 4.69) is 180 Å². The van der Waals surface area contributed by atoms with Gasteiger partial charge in [-0.2, -0.15) is 0 Å². The average molecular weight is 669 g/mol. The molecule has 0 aliphatic carbocycles. The minimum atomic E-state index is 0.843. The lowest BCUT2D eigenvalue weighted by atomic mass is 10.0. The summed E-state index contributed by atoms with van der Waals surface area (Å²) in [4.78, 5) is 4.58. The second-order valence-corrected chi connectivity index (χ2v) is 13.0. The highest BCUT2D eigenvalue weighted by Crippen LogP contribution is 2.43. The molecule has 0 fully saturated rings. The summed E-state index contributed by atoms with van der Waals surface area (Å²) in [5.74, 6) is 0. The molecule has 246 valence electrons. The molecule has 0 radical (unpaired) electrons. The number of fused-ring (bicyclic) bond motifs is 6. The number of nitrogens with zero attached hydrogens (tertiary/aromatic N) is 2. The quantitative estimate of drug-likeness (QED) is 0.169. The van der Waals surface area contributed by atoms with Gasteiger partial charge >= 0.3 is 0 Å². The molecule has 0 N–H and O–H groups in total. The van der Waals surface area contributed by atoms with Crippen LogP contribution in [0.4, 0.5) is 34.1 Å². The van der Waals surface area contributed by atoms with Gasteiger partial charge in [-0.3, -0.25) is 0 Å². The molecule has 10 aromatic rings. The fourth-order valence-electron chi connectivity index (χ4n) is 7.37. The van der Waals surface area contributed by atoms with Gasteiger partial charge in [0.25, 0.3) is 0 Å². The molecule has 2 heterocycles. The summed E-state index contributed by atoms with van der Waals surface area (Å²) in [6.07, 6.45) is 0. The average Bonchev–Trinajstić information content (AvgIpc) is 3.77. The van der Waals surface area contributed by atoms with E-state index in [4.69, 9.17) is 8.83 Å². The second-order valence-electron chi connectivity index (χ2n) is 13.0. The largest absolute Gasteiger partial charge is 0.456 e. The van der Waals surface area contributed by atoms with Gasteiger partial charge in [0.05, 0.1) is 0 Å². The summed E-state index contributed by atoms with van der Waals surface area (Å²) < 4.78 is 12.8. The van der Waals surface area contributed by atoms with Crippen molar-refractivity contribution in [1.82, 2.24) is 0 Å². The van der Waals surface area contributed by atoms with E-state index in [0.29, 0.717) is 0 Å². The fraction of sp³-hybridized carbons (Fsp3) is 0. The smallest absolute Gasteiger partial charge is 0.137 e. The van der Waals surface area contributed by atoms with Gasteiger partial charge in [-0.05, 0) is 102 Å². The van der Waals surface area contributed by atoms with Crippen LogP contribution in [0.2, 0.25) is 0 Å². The van der Waals surface area contributed by atoms with Gasteiger partial charge in [0.2, 0.25) is 0 Å². The summed E-state index contributed by atoms with van der Waals surface area (Å²) in [5, 5.41) is 4.33. The van der Waals surface area contributed by atoms with Gasteiger partial charge in [-0.25, -0.2) is 0 Å². The lowest BCUT2D eigenvalue weighted by molar-refractivity contribution is 0.668. The third kappa shape index (κ3) is 5.17. The molecule has 0 saturated carbocycles. The molecular weight excluding hydrogens is 637 g/mol. The molecule has 52 heavy (non-hydrogen) atoms. The van der Waals surface area contributed by atoms with Crippen LogP contribution in [0.25, 0.3) is 55.0 Å². The van der Waals surface area contributed by atoms with Crippen LogP contribution < -0.4 is 9.80 Å². The minimum Gasteiger partial charge on any atom is -0.456 e. The summed E-state index contributed by atoms with van der Waals surface area (Å²) >= 11 is 0. The predicted octanol–water partition coefficient (Wildman–Crippen LogP) is 14.1. The Balaban J connectivity index is 1.10. The first-order chi connectivity index (χ1) is 25.8. The zero-order valence-electron chi connectivity index (χ0n) is 28.2. The Morgan fingerprint density at radius 1 is 0.250 bits per heavy atom. The van der Waals surface area contributed by atoms with Crippen molar-refractivity contribution < 1.29 is 8.83 Å². The number of benzene rings is 8. The Bertz CT molecular complexity index is 2840. The van der Waals surface area contributed by atoms with E-state index in [1.54, 1.807) is 0 Å². The first-order valence-corrected chi connectivity index (χ1v) is 17.5. The number of anilines is 6. The molecule has 0 aliphatic rings. The van der Waals surface area contributed by atoms with E-state index in [-0.39, 0.29) is 0 Å². The van der Waals surface area contributed by atoms with Gasteiger partial charge in [-0.15, -0.1) is 0 Å². The van der Waals surface area contributed by atoms with Gasteiger partial charge in [0, 0.05) is 61.7 Å². The van der Waals surface area contributed by atoms with E-state index < -0.39 is 0 Å². The van der Waals surface area contributed by atoms with E-state index in [1.807, 2.05) is 24.3 Å². The normalized spacial score (nSPS) is 11.5. The molecule has 0 amide bonds. The van der Waals surface area contributed by atoms with Crippen LogP contribution in [0, 0.1) is 0 Å². The topological polar surface area (TPSA) is 32.8 Å². The van der Waals surface area contributed by atoms with Crippen molar-refractivity contribution >= 4 is 78.0 Å². The molecule has 10 rings (SSSR count). The number of para-hydroxylation sites is 3. The monoisotopic (exact) mass is 668 g/mol. The lowest BCUT2D eigenvalue weighted by Gasteiger charge is -2.26. The highest BCUT2D eigenvalue weighted by Gasteiger charge is 2.19. The van der Waals surface area contributed by atoms with Crippen molar-refractivity contribution in [3.05, 3.63) is 194 Å². The maximum atomic E-state index is 6.45. The highest BCUT2D eigenvalue weighted by molar-refractivity contribution is 6.09. The molecule has 0 unspecified atom stereocenters. The first-order valence-electron chi connectivity index (χ1n) is 17.5. The van der Waals surface area contributed by atoms with Crippen LogP contribution in [-0.4, -0.2) is 0 Å². The highest BCUT2D eigenvalue weighted by atomic mass is 16.3. The predicted molar refractivity (Wildman–Crippen MR) is 216 cm³/mol. The molecule has 4 heteroatoms. The van der Waals surface area contributed by atoms with Gasteiger partial charge in [-0.1, -0.05) is 97.1 Å². The summed E-state index contributed by atoms with van der Waals surface area (Å²) in [5.41, 5.74) is 12.1. The molecule has 0 spiro atoms. The van der Waals surface area contributed by atoms with Crippen molar-refractivity contribution in [1.29, 1.82) is 0 Å².